The molecule has 2 aromatic rings. The van der Waals surface area contributed by atoms with Crippen LogP contribution in [0, 0.1) is 6.92 Å². The molecule has 152 valence electrons. The Morgan fingerprint density at radius 1 is 1.28 bits per heavy atom. The predicted octanol–water partition coefficient (Wildman–Crippen LogP) is 2.38. The summed E-state index contributed by atoms with van der Waals surface area (Å²) in [5, 5.41) is 11.0. The molecule has 1 fully saturated rings. The number of likely N-dealkylation sites (N-methyl/N-ethyl adjacent to an activating group) is 1. The zero-order valence-corrected chi connectivity index (χ0v) is 17.0. The van der Waals surface area contributed by atoms with Crippen LogP contribution in [0.4, 0.5) is 0 Å². The number of aliphatic hydroxyl groups excluding tert-OH is 1. The largest absolute Gasteiger partial charge is 0.507 e. The van der Waals surface area contributed by atoms with E-state index in [0.717, 1.165) is 5.56 Å². The highest BCUT2D eigenvalue weighted by Gasteiger charge is 2.46. The molecule has 1 aliphatic heterocycles. The Kier molecular flexibility index (Phi) is 5.98. The topological polar surface area (TPSA) is 83.0 Å². The number of hydrogen-bond acceptors (Lipinski definition) is 6. The third-order valence-electron chi connectivity index (χ3n) is 5.00. The van der Waals surface area contributed by atoms with E-state index in [9.17, 15) is 14.7 Å². The number of pyridine rings is 1. The van der Waals surface area contributed by atoms with Crippen LogP contribution in [-0.2, 0) is 9.59 Å². The van der Waals surface area contributed by atoms with Gasteiger partial charge in [-0.2, -0.15) is 0 Å². The SMILES string of the molecule is COc1ccc(/C(O)=C2\C(=O)C(=O)N(CCN(C)C)[C@@H]2c2cccnc2)cc1C. The molecule has 0 aliphatic carbocycles. The average Bonchev–Trinajstić information content (AvgIpc) is 2.97. The third-order valence-corrected chi connectivity index (χ3v) is 5.00. The quantitative estimate of drug-likeness (QED) is 0.459. The molecular weight excluding hydrogens is 370 g/mol. The number of ether oxygens (including phenoxy) is 1. The van der Waals surface area contributed by atoms with Gasteiger partial charge in [-0.05, 0) is 56.4 Å². The second-order valence-corrected chi connectivity index (χ2v) is 7.27. The van der Waals surface area contributed by atoms with E-state index in [0.29, 0.717) is 30.0 Å². The first-order chi connectivity index (χ1) is 13.8. The number of aryl methyl sites for hydroxylation is 1. The number of Topliss-reactive ketones (excluding diaryl/α,β-unsaturated/α-hetero) is 1. The summed E-state index contributed by atoms with van der Waals surface area (Å²) in [6.07, 6.45) is 3.24. The van der Waals surface area contributed by atoms with Crippen LogP contribution in [-0.4, -0.2) is 65.9 Å². The number of aliphatic hydroxyl groups is 1. The Hall–Kier alpha value is -3.19. The number of likely N-dealkylation sites (tertiary alicyclic amines) is 1. The summed E-state index contributed by atoms with van der Waals surface area (Å²) >= 11 is 0. The molecule has 7 heteroatoms. The molecule has 1 N–H and O–H groups in total. The fourth-order valence-corrected chi connectivity index (χ4v) is 3.48. The molecule has 0 radical (unpaired) electrons. The van der Waals surface area contributed by atoms with Gasteiger partial charge in [-0.1, -0.05) is 6.07 Å². The minimum atomic E-state index is -0.691. The van der Waals surface area contributed by atoms with Crippen molar-refractivity contribution in [2.24, 2.45) is 0 Å². The summed E-state index contributed by atoms with van der Waals surface area (Å²) < 4.78 is 5.27. The number of methoxy groups -OCH3 is 1. The molecule has 7 nitrogen and oxygen atoms in total. The molecule has 1 atom stereocenters. The van der Waals surface area contributed by atoms with Gasteiger partial charge in [0.05, 0.1) is 18.7 Å². The molecule has 0 spiro atoms. The van der Waals surface area contributed by atoms with E-state index in [1.165, 1.54) is 4.90 Å². The van der Waals surface area contributed by atoms with E-state index in [1.807, 2.05) is 25.9 Å². The number of hydrogen-bond donors (Lipinski definition) is 1. The highest BCUT2D eigenvalue weighted by molar-refractivity contribution is 6.46. The molecule has 1 aromatic carbocycles. The minimum absolute atomic E-state index is 0.0753. The summed E-state index contributed by atoms with van der Waals surface area (Å²) in [6.45, 7) is 2.80. The van der Waals surface area contributed by atoms with Crippen molar-refractivity contribution >= 4 is 17.4 Å². The fourth-order valence-electron chi connectivity index (χ4n) is 3.48. The molecular formula is C22H25N3O4. The Bertz CT molecular complexity index is 954. The van der Waals surface area contributed by atoms with Crippen molar-refractivity contribution in [3.63, 3.8) is 0 Å². The summed E-state index contributed by atoms with van der Waals surface area (Å²) in [4.78, 5) is 33.3. The van der Waals surface area contributed by atoms with Crippen molar-refractivity contribution in [3.8, 4) is 5.75 Å². The lowest BCUT2D eigenvalue weighted by atomic mass is 9.95. The maximum Gasteiger partial charge on any atom is 0.295 e. The maximum atomic E-state index is 12.9. The van der Waals surface area contributed by atoms with E-state index < -0.39 is 17.7 Å². The summed E-state index contributed by atoms with van der Waals surface area (Å²) in [7, 11) is 5.37. The lowest BCUT2D eigenvalue weighted by molar-refractivity contribution is -0.140. The van der Waals surface area contributed by atoms with E-state index in [-0.39, 0.29) is 11.3 Å². The summed E-state index contributed by atoms with van der Waals surface area (Å²) in [6, 6.07) is 8.01. The molecule has 0 saturated carbocycles. The first-order valence-corrected chi connectivity index (χ1v) is 9.33. The fraction of sp³-hybridized carbons (Fsp3) is 0.318. The van der Waals surface area contributed by atoms with Crippen molar-refractivity contribution in [1.82, 2.24) is 14.8 Å². The second-order valence-electron chi connectivity index (χ2n) is 7.27. The second kappa shape index (κ2) is 8.45. The van der Waals surface area contributed by atoms with Crippen LogP contribution in [0.25, 0.3) is 5.76 Å². The van der Waals surface area contributed by atoms with E-state index in [4.69, 9.17) is 4.74 Å². The Morgan fingerprint density at radius 3 is 2.62 bits per heavy atom. The number of aromatic nitrogens is 1. The first kappa shape index (κ1) is 20.5. The monoisotopic (exact) mass is 395 g/mol. The number of nitrogens with zero attached hydrogens (tertiary/aromatic N) is 3. The van der Waals surface area contributed by atoms with Crippen molar-refractivity contribution < 1.29 is 19.4 Å². The van der Waals surface area contributed by atoms with Crippen molar-refractivity contribution in [2.75, 3.05) is 34.3 Å². The molecule has 1 aliphatic rings. The van der Waals surface area contributed by atoms with Gasteiger partial charge in [-0.3, -0.25) is 14.6 Å². The third kappa shape index (κ3) is 4.00. The van der Waals surface area contributed by atoms with Crippen LogP contribution in [0.1, 0.15) is 22.7 Å². The van der Waals surface area contributed by atoms with Crippen molar-refractivity contribution in [1.29, 1.82) is 0 Å². The van der Waals surface area contributed by atoms with Crippen LogP contribution < -0.4 is 4.74 Å². The van der Waals surface area contributed by atoms with Crippen molar-refractivity contribution in [2.45, 2.75) is 13.0 Å². The Morgan fingerprint density at radius 2 is 2.03 bits per heavy atom. The van der Waals surface area contributed by atoms with Crippen LogP contribution in [0.5, 0.6) is 5.75 Å². The van der Waals surface area contributed by atoms with Crippen molar-refractivity contribution in [3.05, 3.63) is 65.0 Å². The van der Waals surface area contributed by atoms with Gasteiger partial charge in [0.15, 0.2) is 0 Å². The number of benzene rings is 1. The minimum Gasteiger partial charge on any atom is -0.507 e. The van der Waals surface area contributed by atoms with Crippen LogP contribution in [0.15, 0.2) is 48.3 Å². The van der Waals surface area contributed by atoms with Gasteiger partial charge >= 0.3 is 0 Å². The zero-order valence-electron chi connectivity index (χ0n) is 17.0. The number of ketones is 1. The van der Waals surface area contributed by atoms with Crippen LogP contribution in [0.2, 0.25) is 0 Å². The number of amides is 1. The first-order valence-electron chi connectivity index (χ1n) is 9.33. The summed E-state index contributed by atoms with van der Waals surface area (Å²) in [5.41, 5.74) is 2.03. The zero-order chi connectivity index (χ0) is 21.1. The van der Waals surface area contributed by atoms with E-state index in [2.05, 4.69) is 4.98 Å². The Balaban J connectivity index is 2.13. The van der Waals surface area contributed by atoms with Gasteiger partial charge in [0.25, 0.3) is 11.7 Å². The smallest absolute Gasteiger partial charge is 0.295 e. The molecule has 1 amide bonds. The standard InChI is InChI=1S/C22H25N3O4/c1-14-12-15(7-8-17(14)29-4)20(26)18-19(16-6-5-9-23-13-16)25(11-10-24(2)3)22(28)21(18)27/h5-9,12-13,19,26H,10-11H2,1-4H3/b20-18+/t19-/m1/s1. The number of carbonyl (C=O) groups excluding carboxylic acids is 2. The van der Waals surface area contributed by atoms with E-state index in [1.54, 1.807) is 49.8 Å². The average molecular weight is 395 g/mol. The maximum absolute atomic E-state index is 12.9. The van der Waals surface area contributed by atoms with Gasteiger partial charge in [-0.15, -0.1) is 0 Å². The molecule has 29 heavy (non-hydrogen) atoms. The molecule has 1 saturated heterocycles. The molecule has 1 aromatic heterocycles. The number of rotatable bonds is 6. The highest BCUT2D eigenvalue weighted by Crippen LogP contribution is 2.39. The molecule has 0 unspecified atom stereocenters. The molecule has 0 bridgehead atoms. The predicted molar refractivity (Wildman–Crippen MR) is 110 cm³/mol. The van der Waals surface area contributed by atoms with Gasteiger partial charge in [0.2, 0.25) is 0 Å². The summed E-state index contributed by atoms with van der Waals surface area (Å²) in [5.74, 6) is -0.830. The van der Waals surface area contributed by atoms with Crippen LogP contribution >= 0.6 is 0 Å². The molecule has 3 rings (SSSR count). The van der Waals surface area contributed by atoms with Gasteiger partial charge in [0.1, 0.15) is 11.5 Å². The van der Waals surface area contributed by atoms with Gasteiger partial charge in [-0.25, -0.2) is 0 Å². The number of carbonyl (C=O) groups is 2. The normalized spacial score (nSPS) is 18.5. The van der Waals surface area contributed by atoms with Gasteiger partial charge < -0.3 is 19.6 Å². The molecule has 2 heterocycles. The van der Waals surface area contributed by atoms with Gasteiger partial charge in [0, 0.05) is 31.0 Å². The lowest BCUT2D eigenvalue weighted by Gasteiger charge is -2.26. The van der Waals surface area contributed by atoms with E-state index >= 15 is 0 Å². The lowest BCUT2D eigenvalue weighted by Crippen LogP contribution is -2.35. The highest BCUT2D eigenvalue weighted by atomic mass is 16.5. The van der Waals surface area contributed by atoms with Crippen LogP contribution in [0.3, 0.4) is 0 Å². The Labute approximate surface area is 170 Å².